The van der Waals surface area contributed by atoms with Crippen LogP contribution in [-0.4, -0.2) is 144 Å². The van der Waals surface area contributed by atoms with Crippen molar-refractivity contribution in [2.75, 3.05) is 77.9 Å². The number of ether oxygens (including phenoxy) is 3. The van der Waals surface area contributed by atoms with Gasteiger partial charge in [0.2, 0.25) is 23.6 Å². The maximum Gasteiger partial charge on any atom is 0.254 e. The first kappa shape index (κ1) is 53.6. The molecule has 4 aromatic rings. The van der Waals surface area contributed by atoms with Crippen molar-refractivity contribution in [1.82, 2.24) is 40.1 Å². The topological polar surface area (TPSA) is 257 Å². The molecule has 5 amide bonds. The predicted octanol–water partition coefficient (Wildman–Crippen LogP) is 3.30. The minimum absolute atomic E-state index is 0.0587. The molecule has 0 radical (unpaired) electrons. The summed E-state index contributed by atoms with van der Waals surface area (Å²) >= 11 is 0. The third kappa shape index (κ3) is 12.2. The minimum Gasteiger partial charge on any atom is -0.491 e. The van der Waals surface area contributed by atoms with Crippen LogP contribution in [0.3, 0.4) is 0 Å². The Morgan fingerprint density at radius 2 is 1.77 bits per heavy atom. The molecule has 2 aromatic carbocycles. The predicted molar refractivity (Wildman–Crippen MR) is 269 cm³/mol. The number of carbonyl (C=O) groups excluding carboxylic acids is 5. The van der Waals surface area contributed by atoms with Gasteiger partial charge in [0.25, 0.3) is 5.91 Å². The Balaban J connectivity index is 0.890. The molecule has 21 heteroatoms. The number of nitrogens with two attached hydrogens (primary N) is 2. The largest absolute Gasteiger partial charge is 0.491 e. The van der Waals surface area contributed by atoms with E-state index in [4.69, 9.17) is 25.7 Å². The molecule has 390 valence electrons. The summed E-state index contributed by atoms with van der Waals surface area (Å²) in [6.07, 6.45) is 3.41. The Morgan fingerprint density at radius 3 is 2.48 bits per heavy atom. The molecule has 20 nitrogen and oxygen atoms in total. The van der Waals surface area contributed by atoms with E-state index in [0.717, 1.165) is 17.5 Å². The molecule has 1 fully saturated rings. The zero-order chi connectivity index (χ0) is 52.7. The van der Waals surface area contributed by atoms with Crippen molar-refractivity contribution in [3.63, 3.8) is 0 Å². The van der Waals surface area contributed by atoms with Crippen LogP contribution in [0, 0.1) is 22.6 Å². The highest BCUT2D eigenvalue weighted by Gasteiger charge is 2.42. The summed E-state index contributed by atoms with van der Waals surface area (Å²) in [6.45, 7) is 9.62. The molecule has 0 aliphatic carbocycles. The molecule has 73 heavy (non-hydrogen) atoms. The van der Waals surface area contributed by atoms with E-state index in [0.29, 0.717) is 52.4 Å². The molecule has 2 aromatic heterocycles. The van der Waals surface area contributed by atoms with Crippen molar-refractivity contribution in [2.24, 2.45) is 11.1 Å². The molecule has 6 N–H and O–H groups in total. The van der Waals surface area contributed by atoms with Gasteiger partial charge in [-0.2, -0.15) is 10.4 Å². The number of rotatable bonds is 18. The van der Waals surface area contributed by atoms with Gasteiger partial charge in [0.1, 0.15) is 42.1 Å². The average Bonchev–Trinajstić information content (AvgIpc) is 3.99. The zero-order valence-corrected chi connectivity index (χ0v) is 42.7. The summed E-state index contributed by atoms with van der Waals surface area (Å²) in [4.78, 5) is 78.0. The Hall–Kier alpha value is -7.15. The van der Waals surface area contributed by atoms with Gasteiger partial charge in [0.05, 0.1) is 69.4 Å². The van der Waals surface area contributed by atoms with Crippen LogP contribution in [-0.2, 0) is 54.7 Å². The number of likely N-dealkylation sites (N-methyl/N-ethyl adjacent to an activating group) is 2. The summed E-state index contributed by atoms with van der Waals surface area (Å²) in [5.74, 6) is -1.46. The molecule has 3 aliphatic heterocycles. The van der Waals surface area contributed by atoms with Crippen molar-refractivity contribution in [3.8, 4) is 22.9 Å². The number of anilines is 2. The first-order valence-corrected chi connectivity index (χ1v) is 24.6. The number of nitrogen functional groups attached to an aromatic ring is 1. The molecule has 0 unspecified atom stereocenters. The van der Waals surface area contributed by atoms with Gasteiger partial charge in [-0.15, -0.1) is 0 Å². The maximum absolute atomic E-state index is 14.8. The van der Waals surface area contributed by atoms with Crippen LogP contribution in [0.15, 0.2) is 48.7 Å². The summed E-state index contributed by atoms with van der Waals surface area (Å²) in [7, 11) is 4.99. The van der Waals surface area contributed by atoms with Crippen molar-refractivity contribution < 1.29 is 42.6 Å². The lowest BCUT2D eigenvalue weighted by atomic mass is 9.84. The summed E-state index contributed by atoms with van der Waals surface area (Å²) in [5.41, 5.74) is 16.7. The van der Waals surface area contributed by atoms with Crippen LogP contribution in [0.2, 0.25) is 0 Å². The molecule has 0 spiro atoms. The Kier molecular flexibility index (Phi) is 17.0. The number of carbonyl (C=O) groups is 5. The lowest BCUT2D eigenvalue weighted by Crippen LogP contribution is -2.61. The quantitative estimate of drug-likeness (QED) is 0.104. The smallest absolute Gasteiger partial charge is 0.254 e. The van der Waals surface area contributed by atoms with Crippen LogP contribution in [0.4, 0.5) is 15.9 Å². The fraction of sp³-hybridized carbons (Fsp3) is 0.500. The van der Waals surface area contributed by atoms with E-state index in [-0.39, 0.29) is 107 Å². The van der Waals surface area contributed by atoms with E-state index in [1.807, 2.05) is 43.9 Å². The second-order valence-corrected chi connectivity index (χ2v) is 19.9. The normalized spacial score (nSPS) is 17.2. The van der Waals surface area contributed by atoms with Crippen molar-refractivity contribution in [2.45, 2.75) is 97.2 Å². The number of primary amides is 1. The standard InChI is InChI=1S/C52H67FN12O8/c1-31(57-5)49(68)59-46(52(2,3)4)51(70)64-29-34-23-36(12-10-32(34)24-42(64)48(56)67)73-22-21-72-20-19-71-18-14-44(66)61(6)16-17-65-43-30-62(7)50(69)37-13-11-35(53)26-38(37)40-9-8-15-63(40)41-25-33(28-58-47(41)55)45(43)39(27-54)60-65/h10-13,23,25-26,28,31,40,42,46,57H,8-9,14-22,24,29-30H2,1-7H3,(H2,55,58)(H2,56,67)(H,59,68)/t31-,40+,42-,46+/m0/s1. The lowest BCUT2D eigenvalue weighted by Gasteiger charge is -2.40. The molecule has 3 aliphatic rings. The molecular weight excluding hydrogens is 940 g/mol. The number of benzene rings is 2. The number of amides is 5. The number of hydrogen-bond donors (Lipinski definition) is 4. The average molecular weight is 1010 g/mol. The van der Waals surface area contributed by atoms with Crippen molar-refractivity contribution in [1.29, 1.82) is 5.26 Å². The van der Waals surface area contributed by atoms with Gasteiger partial charge in [-0.3, -0.25) is 28.7 Å². The van der Waals surface area contributed by atoms with Gasteiger partial charge in [-0.05, 0) is 85.3 Å². The highest BCUT2D eigenvalue weighted by Crippen LogP contribution is 2.43. The number of aromatic nitrogens is 3. The molecule has 7 rings (SSSR count). The monoisotopic (exact) mass is 1010 g/mol. The van der Waals surface area contributed by atoms with Gasteiger partial charge in [0.15, 0.2) is 5.69 Å². The van der Waals surface area contributed by atoms with Crippen molar-refractivity contribution in [3.05, 3.63) is 88.1 Å². The van der Waals surface area contributed by atoms with E-state index in [1.165, 1.54) is 28.0 Å². The van der Waals surface area contributed by atoms with Crippen LogP contribution in [0.25, 0.3) is 11.1 Å². The molecule has 5 heterocycles. The number of nitrogens with one attached hydrogen (secondary N) is 2. The van der Waals surface area contributed by atoms with Crippen LogP contribution >= 0.6 is 0 Å². The second-order valence-electron chi connectivity index (χ2n) is 19.9. The van der Waals surface area contributed by atoms with Crippen LogP contribution in [0.5, 0.6) is 5.75 Å². The molecule has 4 atom stereocenters. The molecule has 1 saturated heterocycles. The fourth-order valence-corrected chi connectivity index (χ4v) is 9.55. The van der Waals surface area contributed by atoms with E-state index < -0.39 is 41.2 Å². The molecule has 0 saturated carbocycles. The van der Waals surface area contributed by atoms with Crippen molar-refractivity contribution >= 4 is 41.0 Å². The third-order valence-corrected chi connectivity index (χ3v) is 13.8. The molecule has 2 bridgehead atoms. The van der Waals surface area contributed by atoms with Gasteiger partial charge in [-0.25, -0.2) is 9.37 Å². The van der Waals surface area contributed by atoms with Crippen LogP contribution < -0.4 is 31.7 Å². The maximum atomic E-state index is 14.8. The molecular formula is C52H67FN12O8. The van der Waals surface area contributed by atoms with E-state index in [9.17, 15) is 33.6 Å². The van der Waals surface area contributed by atoms with Gasteiger partial charge in [-0.1, -0.05) is 26.8 Å². The highest BCUT2D eigenvalue weighted by molar-refractivity contribution is 5.96. The third-order valence-electron chi connectivity index (χ3n) is 13.8. The number of pyridine rings is 1. The number of nitriles is 1. The zero-order valence-electron chi connectivity index (χ0n) is 42.7. The first-order chi connectivity index (χ1) is 34.8. The Labute approximate surface area is 425 Å². The Morgan fingerprint density at radius 1 is 1.03 bits per heavy atom. The Bertz CT molecular complexity index is 2750. The number of halogens is 1. The van der Waals surface area contributed by atoms with Crippen LogP contribution in [0.1, 0.15) is 91.4 Å². The second kappa shape index (κ2) is 23.2. The number of hydrogen-bond acceptors (Lipinski definition) is 14. The van der Waals surface area contributed by atoms with Gasteiger partial charge in [0, 0.05) is 63.0 Å². The number of nitrogens with zero attached hydrogens (tertiary/aromatic N) is 8. The van der Waals surface area contributed by atoms with Gasteiger partial charge < -0.3 is 55.9 Å². The van der Waals surface area contributed by atoms with E-state index >= 15 is 0 Å². The van der Waals surface area contributed by atoms with Gasteiger partial charge >= 0.3 is 0 Å². The lowest BCUT2D eigenvalue weighted by molar-refractivity contribution is -0.146. The summed E-state index contributed by atoms with van der Waals surface area (Å²) in [6, 6.07) is 11.2. The summed E-state index contributed by atoms with van der Waals surface area (Å²) in [5, 5.41) is 20.7. The number of fused-ring (bicyclic) bond motifs is 9. The summed E-state index contributed by atoms with van der Waals surface area (Å²) < 4.78 is 33.8. The van der Waals surface area contributed by atoms with E-state index in [1.54, 1.807) is 49.9 Å². The highest BCUT2D eigenvalue weighted by atomic mass is 19.1. The minimum atomic E-state index is -0.907. The first-order valence-electron chi connectivity index (χ1n) is 24.6. The SMILES string of the molecule is CN[C@@H](C)C(=O)N[C@H](C(=O)N1Cc2cc(OCCOCCOCCC(=O)N(C)CCn3nc(C#N)c4c3CN(C)C(=O)c3ccc(F)cc3[C@H]3CCCN3c3cc-4cnc3N)ccc2C[C@H]1C(N)=O)C(C)(C)C. The fourth-order valence-electron chi connectivity index (χ4n) is 9.55. The van der Waals surface area contributed by atoms with E-state index in [2.05, 4.69) is 26.8 Å².